The Morgan fingerprint density at radius 1 is 1.47 bits per heavy atom. The van der Waals surface area contributed by atoms with Crippen LogP contribution < -0.4 is 0 Å². The van der Waals surface area contributed by atoms with Crippen molar-refractivity contribution in [1.82, 2.24) is 0 Å². The van der Waals surface area contributed by atoms with Crippen LogP contribution >= 0.6 is 22.9 Å². The van der Waals surface area contributed by atoms with Gasteiger partial charge in [-0.1, -0.05) is 11.6 Å². The minimum absolute atomic E-state index is 0.241. The van der Waals surface area contributed by atoms with Crippen LogP contribution in [0.3, 0.4) is 0 Å². The zero-order valence-corrected chi connectivity index (χ0v) is 8.72. The second-order valence-corrected chi connectivity index (χ2v) is 4.53. The van der Waals surface area contributed by atoms with Crippen molar-refractivity contribution in [2.75, 3.05) is 0 Å². The predicted molar refractivity (Wildman–Crippen MR) is 49.0 cm³/mol. The Bertz CT molecular complexity index is 363. The van der Waals surface area contributed by atoms with Crippen LogP contribution in [-0.2, 0) is 11.2 Å². The number of carbonyl (C=O) groups excluding carboxylic acids is 1. The van der Waals surface area contributed by atoms with Gasteiger partial charge >= 0.3 is 12.3 Å². The van der Waals surface area contributed by atoms with E-state index in [0.29, 0.717) is 4.34 Å². The Hall–Kier alpha value is -0.620. The summed E-state index contributed by atoms with van der Waals surface area (Å²) < 4.78 is 48.9. The smallest absolute Gasteiger partial charge is 0.292 e. The first-order valence-electron chi connectivity index (χ1n) is 3.77. The van der Waals surface area contributed by atoms with E-state index >= 15 is 0 Å². The van der Waals surface area contributed by atoms with Crippen molar-refractivity contribution < 1.29 is 22.4 Å². The molecule has 0 aromatic carbocycles. The fraction of sp³-hybridized carbons (Fsp3) is 0.375. The molecule has 0 N–H and O–H groups in total. The molecule has 1 rings (SSSR count). The van der Waals surface area contributed by atoms with Crippen LogP contribution in [0.4, 0.5) is 17.6 Å². The molecule has 0 amide bonds. The van der Waals surface area contributed by atoms with Crippen molar-refractivity contribution >= 4 is 28.7 Å². The Morgan fingerprint density at radius 3 is 2.47 bits per heavy atom. The maximum atomic E-state index is 12.5. The summed E-state index contributed by atoms with van der Waals surface area (Å²) in [5.74, 6) is -6.38. The highest BCUT2D eigenvalue weighted by Crippen LogP contribution is 2.28. The molecule has 0 aliphatic heterocycles. The molecule has 0 spiro atoms. The SMILES string of the molecule is O=C(Cc1ccc(Cl)s1)C(F)(F)C(F)F. The molecule has 0 aliphatic carbocycles. The third-order valence-electron chi connectivity index (χ3n) is 1.61. The standard InChI is InChI=1S/C8H5ClF4OS/c9-6-2-1-4(15-6)3-5(14)8(12,13)7(10)11/h1-2,7H,3H2. The first-order valence-corrected chi connectivity index (χ1v) is 4.97. The van der Waals surface area contributed by atoms with Gasteiger partial charge in [0.25, 0.3) is 0 Å². The largest absolute Gasteiger partial charge is 0.364 e. The fourth-order valence-electron chi connectivity index (χ4n) is 0.845. The van der Waals surface area contributed by atoms with Crippen LogP contribution in [-0.4, -0.2) is 18.1 Å². The molecule has 84 valence electrons. The van der Waals surface area contributed by atoms with Gasteiger partial charge in [-0.2, -0.15) is 8.78 Å². The number of Topliss-reactive ketones (excluding diaryl/α,β-unsaturated/α-hetero) is 1. The van der Waals surface area contributed by atoms with Crippen molar-refractivity contribution in [2.45, 2.75) is 18.8 Å². The lowest BCUT2D eigenvalue weighted by Gasteiger charge is -2.12. The number of alkyl halides is 4. The van der Waals surface area contributed by atoms with Gasteiger partial charge in [-0.05, 0) is 12.1 Å². The molecule has 0 bridgehead atoms. The van der Waals surface area contributed by atoms with Crippen LogP contribution in [0.1, 0.15) is 4.88 Å². The monoisotopic (exact) mass is 260 g/mol. The molecular formula is C8H5ClF4OS. The topological polar surface area (TPSA) is 17.1 Å². The minimum Gasteiger partial charge on any atom is -0.292 e. The van der Waals surface area contributed by atoms with E-state index in [1.54, 1.807) is 0 Å². The summed E-state index contributed by atoms with van der Waals surface area (Å²) in [6.07, 6.45) is -4.70. The summed E-state index contributed by atoms with van der Waals surface area (Å²) >= 11 is 6.40. The van der Waals surface area contributed by atoms with Crippen LogP contribution in [0.2, 0.25) is 4.34 Å². The molecule has 0 saturated heterocycles. The molecule has 0 unspecified atom stereocenters. The molecule has 0 atom stereocenters. The zero-order valence-electron chi connectivity index (χ0n) is 7.15. The van der Waals surface area contributed by atoms with E-state index in [1.807, 2.05) is 0 Å². The molecule has 1 aromatic heterocycles. The predicted octanol–water partition coefficient (Wildman–Crippen LogP) is 3.41. The zero-order chi connectivity index (χ0) is 11.6. The third-order valence-corrected chi connectivity index (χ3v) is 2.84. The van der Waals surface area contributed by atoms with Crippen molar-refractivity contribution in [3.8, 4) is 0 Å². The minimum atomic E-state index is -4.59. The second kappa shape index (κ2) is 4.49. The van der Waals surface area contributed by atoms with Crippen LogP contribution in [0.15, 0.2) is 12.1 Å². The van der Waals surface area contributed by atoms with E-state index in [2.05, 4.69) is 0 Å². The lowest BCUT2D eigenvalue weighted by molar-refractivity contribution is -0.166. The summed E-state index contributed by atoms with van der Waals surface area (Å²) in [4.78, 5) is 11.1. The summed E-state index contributed by atoms with van der Waals surface area (Å²) in [6, 6.07) is 2.77. The number of ketones is 1. The van der Waals surface area contributed by atoms with Gasteiger partial charge in [0.1, 0.15) is 0 Å². The van der Waals surface area contributed by atoms with Gasteiger partial charge in [-0.3, -0.25) is 4.79 Å². The first kappa shape index (κ1) is 12.4. The molecule has 1 nitrogen and oxygen atoms in total. The van der Waals surface area contributed by atoms with Gasteiger partial charge in [0.15, 0.2) is 0 Å². The highest BCUT2D eigenvalue weighted by Gasteiger charge is 2.48. The molecule has 7 heteroatoms. The quantitative estimate of drug-likeness (QED) is 0.758. The summed E-state index contributed by atoms with van der Waals surface area (Å²) in [5.41, 5.74) is 0. The first-order chi connectivity index (χ1) is 6.84. The molecule has 0 saturated carbocycles. The van der Waals surface area contributed by atoms with E-state index in [9.17, 15) is 22.4 Å². The average Bonchev–Trinajstić information content (AvgIpc) is 2.50. The van der Waals surface area contributed by atoms with Gasteiger partial charge in [0, 0.05) is 11.3 Å². The lowest BCUT2D eigenvalue weighted by Crippen LogP contribution is -2.37. The van der Waals surface area contributed by atoms with Gasteiger partial charge in [0.2, 0.25) is 5.78 Å². The Balaban J connectivity index is 2.71. The molecule has 0 radical (unpaired) electrons. The fourth-order valence-corrected chi connectivity index (χ4v) is 1.93. The molecule has 1 aromatic rings. The highest BCUT2D eigenvalue weighted by molar-refractivity contribution is 7.16. The van der Waals surface area contributed by atoms with Gasteiger partial charge < -0.3 is 0 Å². The summed E-state index contributed by atoms with van der Waals surface area (Å²) in [6.45, 7) is 0. The highest BCUT2D eigenvalue weighted by atomic mass is 35.5. The van der Waals surface area contributed by atoms with Gasteiger partial charge in [0.05, 0.1) is 4.34 Å². The maximum Gasteiger partial charge on any atom is 0.364 e. The van der Waals surface area contributed by atoms with Crippen molar-refractivity contribution in [2.24, 2.45) is 0 Å². The van der Waals surface area contributed by atoms with Crippen molar-refractivity contribution in [3.63, 3.8) is 0 Å². The van der Waals surface area contributed by atoms with E-state index in [0.717, 1.165) is 11.3 Å². The molecule has 1 heterocycles. The maximum absolute atomic E-state index is 12.5. The van der Waals surface area contributed by atoms with Gasteiger partial charge in [-0.25, -0.2) is 8.78 Å². The number of hydrogen-bond acceptors (Lipinski definition) is 2. The number of thiophene rings is 1. The molecule has 0 fully saturated rings. The normalized spacial score (nSPS) is 12.1. The Morgan fingerprint density at radius 2 is 2.07 bits per heavy atom. The van der Waals surface area contributed by atoms with E-state index in [1.165, 1.54) is 12.1 Å². The van der Waals surface area contributed by atoms with E-state index in [4.69, 9.17) is 11.6 Å². The molecular weight excluding hydrogens is 256 g/mol. The number of hydrogen-bond donors (Lipinski definition) is 0. The van der Waals surface area contributed by atoms with E-state index < -0.39 is 24.6 Å². The Kier molecular flexibility index (Phi) is 3.72. The molecule has 15 heavy (non-hydrogen) atoms. The van der Waals surface area contributed by atoms with Gasteiger partial charge in [-0.15, -0.1) is 11.3 Å². The van der Waals surface area contributed by atoms with Crippen LogP contribution in [0, 0.1) is 0 Å². The summed E-state index contributed by atoms with van der Waals surface area (Å²) in [7, 11) is 0. The summed E-state index contributed by atoms with van der Waals surface area (Å²) in [5, 5.41) is 0. The Labute approximate surface area is 91.7 Å². The number of rotatable bonds is 4. The van der Waals surface area contributed by atoms with E-state index in [-0.39, 0.29) is 4.88 Å². The van der Waals surface area contributed by atoms with Crippen LogP contribution in [0.25, 0.3) is 0 Å². The third kappa shape index (κ3) is 2.92. The number of halogens is 5. The van der Waals surface area contributed by atoms with Crippen molar-refractivity contribution in [3.05, 3.63) is 21.3 Å². The lowest BCUT2D eigenvalue weighted by atomic mass is 10.1. The second-order valence-electron chi connectivity index (χ2n) is 2.73. The van der Waals surface area contributed by atoms with Crippen molar-refractivity contribution in [1.29, 1.82) is 0 Å². The van der Waals surface area contributed by atoms with Crippen LogP contribution in [0.5, 0.6) is 0 Å². The average molecular weight is 261 g/mol. The molecule has 0 aliphatic rings. The number of carbonyl (C=O) groups is 1.